The maximum absolute atomic E-state index is 4.67. The van der Waals surface area contributed by atoms with Gasteiger partial charge in [0.1, 0.15) is 0 Å². The first-order valence-corrected chi connectivity index (χ1v) is 9.16. The minimum Gasteiger partial charge on any atom is -0.312 e. The molecule has 0 saturated heterocycles. The second-order valence-corrected chi connectivity index (χ2v) is 8.84. The smallest absolute Gasteiger partial charge is 0.0758 e. The summed E-state index contributed by atoms with van der Waals surface area (Å²) in [4.78, 5) is 4.67. The van der Waals surface area contributed by atoms with Crippen molar-refractivity contribution >= 4 is 43.2 Å². The van der Waals surface area contributed by atoms with Crippen LogP contribution >= 0.6 is 43.2 Å². The molecule has 2 heterocycles. The lowest BCUT2D eigenvalue weighted by molar-refractivity contribution is 0.415. The van der Waals surface area contributed by atoms with Crippen molar-refractivity contribution in [2.45, 2.75) is 31.2 Å². The third kappa shape index (κ3) is 2.73. The zero-order valence-corrected chi connectivity index (χ0v) is 15.2. The van der Waals surface area contributed by atoms with E-state index in [1.165, 1.54) is 33.4 Å². The number of aromatic nitrogens is 1. The Balaban J connectivity index is 2.01. The van der Waals surface area contributed by atoms with Crippen LogP contribution in [0.3, 0.4) is 0 Å². The molecule has 2 atom stereocenters. The summed E-state index contributed by atoms with van der Waals surface area (Å²) >= 11 is 9.01. The summed E-state index contributed by atoms with van der Waals surface area (Å²) in [6.07, 6.45) is 5.51. The first kappa shape index (κ1) is 14.7. The van der Waals surface area contributed by atoms with Crippen molar-refractivity contribution in [3.8, 4) is 0 Å². The van der Waals surface area contributed by atoms with Gasteiger partial charge in [0.15, 0.2) is 0 Å². The maximum atomic E-state index is 4.67. The molecule has 2 aromatic heterocycles. The molecule has 3 rings (SSSR count). The second kappa shape index (κ2) is 6.26. The molecule has 0 radical (unpaired) electrons. The molecular weight excluding hydrogens is 400 g/mol. The predicted molar refractivity (Wildman–Crippen MR) is 91.4 cm³/mol. The third-order valence-electron chi connectivity index (χ3n) is 3.97. The highest BCUT2D eigenvalue weighted by atomic mass is 79.9. The zero-order chi connectivity index (χ0) is 14.1. The molecule has 0 saturated carbocycles. The fourth-order valence-electron chi connectivity index (χ4n) is 3.11. The van der Waals surface area contributed by atoms with E-state index in [2.05, 4.69) is 54.3 Å². The molecule has 0 amide bonds. The van der Waals surface area contributed by atoms with E-state index >= 15 is 0 Å². The van der Waals surface area contributed by atoms with E-state index in [9.17, 15) is 0 Å². The summed E-state index contributed by atoms with van der Waals surface area (Å²) in [5, 5.41) is 3.50. The standard InChI is InChI=1S/C15H16Br2N2S/c1-18-14(11-8-12(16)20-15(11)17)10-6-2-4-9-5-3-7-19-13(9)10/h3,5,7-8,10,14,18H,2,4,6H2,1H3. The number of nitrogens with one attached hydrogen (secondary N) is 1. The molecule has 0 spiro atoms. The van der Waals surface area contributed by atoms with Crippen LogP contribution in [0.1, 0.15) is 41.6 Å². The van der Waals surface area contributed by atoms with E-state index < -0.39 is 0 Å². The Kier molecular flexibility index (Phi) is 4.60. The molecule has 5 heteroatoms. The fourth-order valence-corrected chi connectivity index (χ4v) is 6.04. The number of pyridine rings is 1. The summed E-state index contributed by atoms with van der Waals surface area (Å²) in [6.45, 7) is 0. The van der Waals surface area contributed by atoms with Gasteiger partial charge in [-0.2, -0.15) is 0 Å². The minimum absolute atomic E-state index is 0.306. The molecule has 106 valence electrons. The summed E-state index contributed by atoms with van der Waals surface area (Å²) in [6, 6.07) is 6.79. The number of hydrogen-bond acceptors (Lipinski definition) is 3. The number of fused-ring (bicyclic) bond motifs is 1. The highest BCUT2D eigenvalue weighted by Gasteiger charge is 2.31. The van der Waals surface area contributed by atoms with Crippen LogP contribution in [-0.2, 0) is 6.42 Å². The zero-order valence-electron chi connectivity index (χ0n) is 11.2. The summed E-state index contributed by atoms with van der Waals surface area (Å²) in [5.74, 6) is 0.447. The third-order valence-corrected chi connectivity index (χ3v) is 6.36. The number of likely N-dealkylation sites (N-methyl/N-ethyl adjacent to an activating group) is 1. The van der Waals surface area contributed by atoms with Crippen molar-refractivity contribution in [2.24, 2.45) is 0 Å². The van der Waals surface area contributed by atoms with Gasteiger partial charge in [0, 0.05) is 23.9 Å². The molecule has 1 N–H and O–H groups in total. The summed E-state index contributed by atoms with van der Waals surface area (Å²) in [5.41, 5.74) is 4.01. The highest BCUT2D eigenvalue weighted by molar-refractivity contribution is 9.12. The number of thiophene rings is 1. The van der Waals surface area contributed by atoms with E-state index in [1.807, 2.05) is 19.3 Å². The number of halogens is 2. The van der Waals surface area contributed by atoms with Gasteiger partial charge >= 0.3 is 0 Å². The Morgan fingerprint density at radius 2 is 2.30 bits per heavy atom. The van der Waals surface area contributed by atoms with Crippen molar-refractivity contribution in [3.63, 3.8) is 0 Å². The van der Waals surface area contributed by atoms with Gasteiger partial charge in [-0.1, -0.05) is 6.07 Å². The second-order valence-electron chi connectivity index (χ2n) is 5.09. The highest BCUT2D eigenvalue weighted by Crippen LogP contribution is 2.44. The molecule has 1 aliphatic rings. The van der Waals surface area contributed by atoms with Gasteiger partial charge in [-0.3, -0.25) is 4.98 Å². The number of hydrogen-bond donors (Lipinski definition) is 1. The van der Waals surface area contributed by atoms with Crippen LogP contribution in [0.5, 0.6) is 0 Å². The molecular formula is C15H16Br2N2S. The monoisotopic (exact) mass is 414 g/mol. The average Bonchev–Trinajstić information content (AvgIpc) is 2.79. The van der Waals surface area contributed by atoms with E-state index in [0.29, 0.717) is 12.0 Å². The topological polar surface area (TPSA) is 24.9 Å². The molecule has 0 aliphatic heterocycles. The van der Waals surface area contributed by atoms with Crippen LogP contribution in [0.25, 0.3) is 0 Å². The maximum Gasteiger partial charge on any atom is 0.0758 e. The Morgan fingerprint density at radius 1 is 1.45 bits per heavy atom. The van der Waals surface area contributed by atoms with E-state index in [4.69, 9.17) is 0 Å². The normalized spacial score (nSPS) is 19.6. The number of nitrogens with zero attached hydrogens (tertiary/aromatic N) is 1. The van der Waals surface area contributed by atoms with Gasteiger partial charge in [-0.25, -0.2) is 0 Å². The van der Waals surface area contributed by atoms with E-state index in [-0.39, 0.29) is 0 Å². The van der Waals surface area contributed by atoms with Crippen LogP contribution in [0.2, 0.25) is 0 Å². The quantitative estimate of drug-likeness (QED) is 0.758. The first-order chi connectivity index (χ1) is 9.70. The minimum atomic E-state index is 0.306. The Labute approximate surface area is 140 Å². The van der Waals surface area contributed by atoms with Gasteiger partial charge in [-0.15, -0.1) is 11.3 Å². The molecule has 1 aliphatic carbocycles. The van der Waals surface area contributed by atoms with Crippen LogP contribution in [0, 0.1) is 0 Å². The molecule has 0 aromatic carbocycles. The molecule has 20 heavy (non-hydrogen) atoms. The lowest BCUT2D eigenvalue weighted by atomic mass is 9.80. The van der Waals surface area contributed by atoms with Crippen LogP contribution in [-0.4, -0.2) is 12.0 Å². The molecule has 2 nitrogen and oxygen atoms in total. The van der Waals surface area contributed by atoms with E-state index in [1.54, 1.807) is 11.3 Å². The first-order valence-electron chi connectivity index (χ1n) is 6.76. The van der Waals surface area contributed by atoms with Gasteiger partial charge < -0.3 is 5.32 Å². The Morgan fingerprint density at radius 3 is 3.00 bits per heavy atom. The average molecular weight is 416 g/mol. The predicted octanol–water partition coefficient (Wildman–Crippen LogP) is 5.05. The van der Waals surface area contributed by atoms with Crippen LogP contribution in [0.15, 0.2) is 32.0 Å². The van der Waals surface area contributed by atoms with Gasteiger partial charge in [0.2, 0.25) is 0 Å². The fraction of sp³-hybridized carbons (Fsp3) is 0.400. The summed E-state index contributed by atoms with van der Waals surface area (Å²) < 4.78 is 2.36. The van der Waals surface area contributed by atoms with Crippen molar-refractivity contribution in [1.82, 2.24) is 10.3 Å². The Hall–Kier alpha value is -0.230. The molecule has 2 unspecified atom stereocenters. The molecule has 0 fully saturated rings. The largest absolute Gasteiger partial charge is 0.312 e. The van der Waals surface area contributed by atoms with Crippen molar-refractivity contribution in [3.05, 3.63) is 48.8 Å². The Bertz CT molecular complexity index is 612. The van der Waals surface area contributed by atoms with Crippen LogP contribution < -0.4 is 5.32 Å². The van der Waals surface area contributed by atoms with Gasteiger partial charge in [0.05, 0.1) is 7.57 Å². The van der Waals surface area contributed by atoms with E-state index in [0.717, 1.165) is 10.2 Å². The number of aryl methyl sites for hydroxylation is 1. The van der Waals surface area contributed by atoms with Crippen molar-refractivity contribution in [1.29, 1.82) is 0 Å². The number of rotatable bonds is 3. The van der Waals surface area contributed by atoms with Crippen molar-refractivity contribution < 1.29 is 0 Å². The SMILES string of the molecule is CNC(c1cc(Br)sc1Br)C1CCCc2cccnc21. The van der Waals surface area contributed by atoms with Crippen molar-refractivity contribution in [2.75, 3.05) is 7.05 Å². The molecule has 0 bridgehead atoms. The summed E-state index contributed by atoms with van der Waals surface area (Å²) in [7, 11) is 2.04. The lowest BCUT2D eigenvalue weighted by Crippen LogP contribution is -2.27. The van der Waals surface area contributed by atoms with Gasteiger partial charge in [0.25, 0.3) is 0 Å². The lowest BCUT2D eigenvalue weighted by Gasteiger charge is -2.31. The molecule has 2 aromatic rings. The van der Waals surface area contributed by atoms with Crippen LogP contribution in [0.4, 0.5) is 0 Å². The van der Waals surface area contributed by atoms with Gasteiger partial charge in [-0.05, 0) is 81.4 Å².